The second-order valence-corrected chi connectivity index (χ2v) is 5.03. The highest BCUT2D eigenvalue weighted by molar-refractivity contribution is 7.80. The van der Waals surface area contributed by atoms with Gasteiger partial charge < -0.3 is 9.84 Å². The molecule has 0 amide bonds. The molecule has 0 saturated heterocycles. The molecule has 2 aliphatic carbocycles. The predicted molar refractivity (Wildman–Crippen MR) is 82.6 cm³/mol. The average Bonchev–Trinajstić information content (AvgIpc) is 2.45. The second-order valence-electron chi connectivity index (χ2n) is 4.54. The standard InChI is InChI=1S/C16H16O3S/c1-3-19-16-14(12-6-4-5-7-13(12)20)11(9-17)8-10(2)15(16)18/h4-6,9,17H,2-3,7-8H2,1H3. The molecule has 3 nitrogen and oxygen atoms in total. The van der Waals surface area contributed by atoms with E-state index in [2.05, 4.69) is 6.58 Å². The summed E-state index contributed by atoms with van der Waals surface area (Å²) in [5.41, 5.74) is 2.39. The maximum Gasteiger partial charge on any atom is 0.223 e. The molecule has 0 aliphatic heterocycles. The van der Waals surface area contributed by atoms with Gasteiger partial charge in [0.25, 0.3) is 0 Å². The van der Waals surface area contributed by atoms with Crippen molar-refractivity contribution in [2.45, 2.75) is 19.8 Å². The molecule has 0 aromatic heterocycles. The first-order valence-corrected chi connectivity index (χ1v) is 6.84. The quantitative estimate of drug-likeness (QED) is 0.490. The Morgan fingerprint density at radius 1 is 1.55 bits per heavy atom. The summed E-state index contributed by atoms with van der Waals surface area (Å²) in [7, 11) is 0. The molecule has 2 aliphatic rings. The fraction of sp³-hybridized carbons (Fsp3) is 0.250. The summed E-state index contributed by atoms with van der Waals surface area (Å²) >= 11 is 5.36. The number of rotatable bonds is 3. The van der Waals surface area contributed by atoms with Gasteiger partial charge in [-0.25, -0.2) is 0 Å². The highest BCUT2D eigenvalue weighted by Crippen LogP contribution is 2.36. The van der Waals surface area contributed by atoms with Gasteiger partial charge in [-0.15, -0.1) is 0 Å². The number of ether oxygens (including phenoxy) is 1. The summed E-state index contributed by atoms with van der Waals surface area (Å²) in [6, 6.07) is 0. The lowest BCUT2D eigenvalue weighted by molar-refractivity contribution is -0.115. The van der Waals surface area contributed by atoms with E-state index in [4.69, 9.17) is 17.0 Å². The van der Waals surface area contributed by atoms with E-state index in [0.717, 1.165) is 16.7 Å². The smallest absolute Gasteiger partial charge is 0.223 e. The average molecular weight is 288 g/mol. The SMILES string of the molecule is C=C1CC(=CO)C(C2=CC=CCC2=S)=C(OCC)C1=O. The highest BCUT2D eigenvalue weighted by Gasteiger charge is 2.31. The van der Waals surface area contributed by atoms with Crippen LogP contribution in [0.1, 0.15) is 19.8 Å². The molecule has 0 unspecified atom stereocenters. The summed E-state index contributed by atoms with van der Waals surface area (Å²) < 4.78 is 5.50. The number of thiocarbonyl (C=S) groups is 1. The molecule has 2 rings (SSSR count). The van der Waals surface area contributed by atoms with Crippen molar-refractivity contribution in [3.8, 4) is 0 Å². The number of Topliss-reactive ketones (excluding diaryl/α,β-unsaturated/α-hetero) is 1. The van der Waals surface area contributed by atoms with E-state index >= 15 is 0 Å². The summed E-state index contributed by atoms with van der Waals surface area (Å²) in [4.78, 5) is 13.0. The lowest BCUT2D eigenvalue weighted by Gasteiger charge is -2.25. The van der Waals surface area contributed by atoms with Crippen LogP contribution < -0.4 is 0 Å². The highest BCUT2D eigenvalue weighted by atomic mass is 32.1. The van der Waals surface area contributed by atoms with Crippen LogP contribution >= 0.6 is 12.2 Å². The lowest BCUT2D eigenvalue weighted by Crippen LogP contribution is -2.21. The molecule has 0 heterocycles. The number of aliphatic hydroxyl groups excluding tert-OH is 1. The Morgan fingerprint density at radius 2 is 2.30 bits per heavy atom. The molecule has 1 N–H and O–H groups in total. The molecular weight excluding hydrogens is 272 g/mol. The number of carbonyl (C=O) groups is 1. The second kappa shape index (κ2) is 6.01. The third-order valence-electron chi connectivity index (χ3n) is 3.20. The molecule has 0 atom stereocenters. The van der Waals surface area contributed by atoms with Crippen molar-refractivity contribution in [3.63, 3.8) is 0 Å². The minimum atomic E-state index is -0.217. The first-order chi connectivity index (χ1) is 9.60. The van der Waals surface area contributed by atoms with E-state index in [-0.39, 0.29) is 11.5 Å². The minimum absolute atomic E-state index is 0.217. The van der Waals surface area contributed by atoms with Crippen molar-refractivity contribution in [1.29, 1.82) is 0 Å². The van der Waals surface area contributed by atoms with Crippen LogP contribution in [0.25, 0.3) is 0 Å². The number of hydrogen-bond acceptors (Lipinski definition) is 4. The van der Waals surface area contributed by atoms with Crippen molar-refractivity contribution in [2.75, 3.05) is 6.61 Å². The van der Waals surface area contributed by atoms with Gasteiger partial charge in [-0.3, -0.25) is 4.79 Å². The summed E-state index contributed by atoms with van der Waals surface area (Å²) in [6.07, 6.45) is 7.67. The van der Waals surface area contributed by atoms with E-state index in [0.29, 0.717) is 36.2 Å². The number of aliphatic hydroxyl groups is 1. The van der Waals surface area contributed by atoms with Gasteiger partial charge in [-0.05, 0) is 6.92 Å². The van der Waals surface area contributed by atoms with Gasteiger partial charge in [0, 0.05) is 40.0 Å². The van der Waals surface area contributed by atoms with Crippen LogP contribution in [0, 0.1) is 0 Å². The van der Waals surface area contributed by atoms with Crippen molar-refractivity contribution in [2.24, 2.45) is 0 Å². The maximum absolute atomic E-state index is 12.3. The molecule has 0 bridgehead atoms. The Labute approximate surface area is 123 Å². The Kier molecular flexibility index (Phi) is 4.35. The van der Waals surface area contributed by atoms with E-state index in [9.17, 15) is 9.90 Å². The van der Waals surface area contributed by atoms with Gasteiger partial charge in [0.2, 0.25) is 5.78 Å². The number of ketones is 1. The van der Waals surface area contributed by atoms with Gasteiger partial charge >= 0.3 is 0 Å². The third-order valence-corrected chi connectivity index (χ3v) is 3.58. The number of hydrogen-bond donors (Lipinski definition) is 1. The van der Waals surface area contributed by atoms with Crippen LogP contribution in [-0.2, 0) is 9.53 Å². The molecule has 0 saturated carbocycles. The zero-order valence-corrected chi connectivity index (χ0v) is 12.1. The normalized spacial score (nSPS) is 21.6. The predicted octanol–water partition coefficient (Wildman–Crippen LogP) is 3.50. The number of carbonyl (C=O) groups excluding carboxylic acids is 1. The van der Waals surface area contributed by atoms with Crippen LogP contribution in [0.2, 0.25) is 0 Å². The minimum Gasteiger partial charge on any atom is -0.515 e. The van der Waals surface area contributed by atoms with Gasteiger partial charge in [0.05, 0.1) is 12.9 Å². The van der Waals surface area contributed by atoms with Gasteiger partial charge in [-0.2, -0.15) is 0 Å². The number of allylic oxidation sites excluding steroid dienone is 7. The van der Waals surface area contributed by atoms with Gasteiger partial charge in [-0.1, -0.05) is 37.0 Å². The van der Waals surface area contributed by atoms with Gasteiger partial charge in [0.1, 0.15) is 0 Å². The van der Waals surface area contributed by atoms with E-state index in [1.165, 1.54) is 0 Å². The Morgan fingerprint density at radius 3 is 2.90 bits per heavy atom. The Hall–Kier alpha value is -1.94. The molecule has 20 heavy (non-hydrogen) atoms. The summed E-state index contributed by atoms with van der Waals surface area (Å²) in [5, 5.41) is 9.48. The molecule has 0 radical (unpaired) electrons. The summed E-state index contributed by atoms with van der Waals surface area (Å²) in [6.45, 7) is 5.92. The van der Waals surface area contributed by atoms with E-state index < -0.39 is 0 Å². The van der Waals surface area contributed by atoms with Crippen LogP contribution in [0.4, 0.5) is 0 Å². The first kappa shape index (κ1) is 14.5. The molecule has 0 spiro atoms. The Balaban J connectivity index is 2.65. The Bertz CT molecular complexity index is 603. The van der Waals surface area contributed by atoms with Crippen molar-refractivity contribution in [1.82, 2.24) is 0 Å². The fourth-order valence-electron chi connectivity index (χ4n) is 2.27. The van der Waals surface area contributed by atoms with Crippen LogP contribution in [-0.4, -0.2) is 22.4 Å². The fourth-order valence-corrected chi connectivity index (χ4v) is 2.54. The third kappa shape index (κ3) is 2.51. The van der Waals surface area contributed by atoms with Gasteiger partial charge in [0.15, 0.2) is 5.76 Å². The molecule has 0 aromatic rings. The molecular formula is C16H16O3S. The molecule has 4 heteroatoms. The zero-order chi connectivity index (χ0) is 14.7. The summed E-state index contributed by atoms with van der Waals surface area (Å²) in [5.74, 6) is 0.0126. The molecule has 104 valence electrons. The van der Waals surface area contributed by atoms with Crippen LogP contribution in [0.5, 0.6) is 0 Å². The molecule has 0 fully saturated rings. The first-order valence-electron chi connectivity index (χ1n) is 6.43. The topological polar surface area (TPSA) is 46.5 Å². The largest absolute Gasteiger partial charge is 0.515 e. The zero-order valence-electron chi connectivity index (χ0n) is 11.3. The molecule has 0 aromatic carbocycles. The van der Waals surface area contributed by atoms with Crippen molar-refractivity contribution >= 4 is 22.9 Å². The van der Waals surface area contributed by atoms with E-state index in [1.807, 2.05) is 25.2 Å². The monoisotopic (exact) mass is 288 g/mol. The van der Waals surface area contributed by atoms with E-state index in [1.54, 1.807) is 0 Å². The van der Waals surface area contributed by atoms with Crippen LogP contribution in [0.3, 0.4) is 0 Å². The maximum atomic E-state index is 12.3. The van der Waals surface area contributed by atoms with Crippen molar-refractivity contribution < 1.29 is 14.6 Å². The lowest BCUT2D eigenvalue weighted by atomic mass is 9.82. The van der Waals surface area contributed by atoms with Crippen LogP contribution in [0.15, 0.2) is 59.1 Å². The van der Waals surface area contributed by atoms with Crippen molar-refractivity contribution in [3.05, 3.63) is 59.1 Å².